The van der Waals surface area contributed by atoms with Gasteiger partial charge < -0.3 is 0 Å². The summed E-state index contributed by atoms with van der Waals surface area (Å²) in [5.74, 6) is 1.31. The molecule has 5 heteroatoms. The van der Waals surface area contributed by atoms with E-state index in [0.29, 0.717) is 24.8 Å². The van der Waals surface area contributed by atoms with Crippen LogP contribution < -0.4 is 4.72 Å². The third-order valence-corrected chi connectivity index (χ3v) is 4.81. The number of unbranched alkanes of at least 4 members (excludes halogenated alkanes) is 1. The maximum absolute atomic E-state index is 11.6. The van der Waals surface area contributed by atoms with Gasteiger partial charge in [-0.15, -0.1) is 11.6 Å². The number of nitrogens with one attached hydrogen (secondary N) is 1. The van der Waals surface area contributed by atoms with E-state index in [2.05, 4.69) is 4.72 Å². The zero-order valence-corrected chi connectivity index (χ0v) is 11.3. The minimum Gasteiger partial charge on any atom is -0.215 e. The van der Waals surface area contributed by atoms with Gasteiger partial charge in [-0.25, -0.2) is 13.1 Å². The number of hydrogen-bond acceptors (Lipinski definition) is 2. The summed E-state index contributed by atoms with van der Waals surface area (Å²) in [6.45, 7) is 0.628. The van der Waals surface area contributed by atoms with Crippen LogP contribution in [0, 0.1) is 5.92 Å². The maximum atomic E-state index is 11.6. The second-order valence-electron chi connectivity index (χ2n) is 4.57. The van der Waals surface area contributed by atoms with Crippen molar-refractivity contribution in [3.05, 3.63) is 0 Å². The number of sulfonamides is 1. The molecule has 0 spiro atoms. The van der Waals surface area contributed by atoms with Crippen molar-refractivity contribution in [1.29, 1.82) is 0 Å². The molecule has 0 aromatic heterocycles. The quantitative estimate of drug-likeness (QED) is 0.569. The van der Waals surface area contributed by atoms with Crippen LogP contribution in [-0.2, 0) is 10.0 Å². The molecule has 1 N–H and O–H groups in total. The highest BCUT2D eigenvalue weighted by atomic mass is 35.5. The summed E-state index contributed by atoms with van der Waals surface area (Å²) in [7, 11) is -3.06. The van der Waals surface area contributed by atoms with Crippen LogP contribution in [0.4, 0.5) is 0 Å². The number of halogens is 1. The van der Waals surface area contributed by atoms with E-state index in [-0.39, 0.29) is 5.75 Å². The summed E-state index contributed by atoms with van der Waals surface area (Å²) in [5, 5.41) is 0. The van der Waals surface area contributed by atoms with Crippen LogP contribution in [0.3, 0.4) is 0 Å². The number of alkyl halides is 1. The van der Waals surface area contributed by atoms with E-state index in [0.717, 1.165) is 6.42 Å². The van der Waals surface area contributed by atoms with Gasteiger partial charge in [0, 0.05) is 12.4 Å². The van der Waals surface area contributed by atoms with Crippen molar-refractivity contribution in [2.45, 2.75) is 44.9 Å². The molecule has 3 nitrogen and oxygen atoms in total. The lowest BCUT2D eigenvalue weighted by atomic mass is 9.90. The minimum absolute atomic E-state index is 0.215. The SMILES string of the molecule is O=S(=O)(CCCCCl)NCC1CCCCC1. The van der Waals surface area contributed by atoms with Gasteiger partial charge in [0.15, 0.2) is 0 Å². The minimum atomic E-state index is -3.06. The van der Waals surface area contributed by atoms with Crippen molar-refractivity contribution in [3.63, 3.8) is 0 Å². The molecule has 1 rings (SSSR count). The van der Waals surface area contributed by atoms with Crippen molar-refractivity contribution in [2.24, 2.45) is 5.92 Å². The Balaban J connectivity index is 2.18. The summed E-state index contributed by atoms with van der Waals surface area (Å²) in [5.41, 5.74) is 0. The first-order valence-corrected chi connectivity index (χ1v) is 8.36. The van der Waals surface area contributed by atoms with E-state index >= 15 is 0 Å². The molecule has 0 unspecified atom stereocenters. The van der Waals surface area contributed by atoms with Gasteiger partial charge in [-0.2, -0.15) is 0 Å². The molecule has 0 saturated heterocycles. The van der Waals surface area contributed by atoms with E-state index in [1.54, 1.807) is 0 Å². The standard InChI is InChI=1S/C11H22ClNO2S/c12-8-4-5-9-16(14,15)13-10-11-6-2-1-3-7-11/h11,13H,1-10H2. The predicted molar refractivity (Wildman–Crippen MR) is 68.3 cm³/mol. The van der Waals surface area contributed by atoms with Crippen LogP contribution in [0.5, 0.6) is 0 Å². The maximum Gasteiger partial charge on any atom is 0.211 e. The zero-order chi connectivity index (χ0) is 11.9. The number of hydrogen-bond donors (Lipinski definition) is 1. The average Bonchev–Trinajstić information content (AvgIpc) is 2.28. The summed E-state index contributed by atoms with van der Waals surface area (Å²) in [6, 6.07) is 0. The lowest BCUT2D eigenvalue weighted by Crippen LogP contribution is -2.32. The highest BCUT2D eigenvalue weighted by molar-refractivity contribution is 7.89. The van der Waals surface area contributed by atoms with Gasteiger partial charge in [-0.3, -0.25) is 0 Å². The Morgan fingerprint density at radius 3 is 2.44 bits per heavy atom. The molecule has 0 aromatic carbocycles. The average molecular weight is 268 g/mol. The van der Waals surface area contributed by atoms with Gasteiger partial charge in [0.25, 0.3) is 0 Å². The summed E-state index contributed by atoms with van der Waals surface area (Å²) >= 11 is 5.51. The Kier molecular flexibility index (Phi) is 6.70. The second kappa shape index (κ2) is 7.51. The molecule has 1 aliphatic rings. The molecular formula is C11H22ClNO2S. The van der Waals surface area contributed by atoms with Gasteiger partial charge >= 0.3 is 0 Å². The molecule has 0 heterocycles. The van der Waals surface area contributed by atoms with Gasteiger partial charge in [-0.05, 0) is 31.6 Å². The Morgan fingerprint density at radius 2 is 1.81 bits per heavy atom. The third kappa shape index (κ3) is 6.06. The zero-order valence-electron chi connectivity index (χ0n) is 9.75. The van der Waals surface area contributed by atoms with Crippen LogP contribution in [-0.4, -0.2) is 26.6 Å². The molecule has 0 aliphatic heterocycles. The van der Waals surface area contributed by atoms with Crippen LogP contribution in [0.15, 0.2) is 0 Å². The Bertz CT molecular complexity index is 274. The highest BCUT2D eigenvalue weighted by Gasteiger charge is 2.16. The van der Waals surface area contributed by atoms with Crippen molar-refractivity contribution < 1.29 is 8.42 Å². The van der Waals surface area contributed by atoms with Crippen LogP contribution in [0.25, 0.3) is 0 Å². The molecule has 16 heavy (non-hydrogen) atoms. The van der Waals surface area contributed by atoms with E-state index in [4.69, 9.17) is 11.6 Å². The Hall–Kier alpha value is 0.200. The van der Waals surface area contributed by atoms with E-state index < -0.39 is 10.0 Å². The highest BCUT2D eigenvalue weighted by Crippen LogP contribution is 2.22. The molecular weight excluding hydrogens is 246 g/mol. The van der Waals surface area contributed by atoms with Crippen molar-refractivity contribution in [3.8, 4) is 0 Å². The molecule has 0 aromatic rings. The van der Waals surface area contributed by atoms with E-state index in [9.17, 15) is 8.42 Å². The normalized spacial score (nSPS) is 18.8. The van der Waals surface area contributed by atoms with Crippen molar-refractivity contribution in [1.82, 2.24) is 4.72 Å². The Morgan fingerprint density at radius 1 is 1.12 bits per heavy atom. The fourth-order valence-corrected chi connectivity index (χ4v) is 3.50. The van der Waals surface area contributed by atoms with E-state index in [1.807, 2.05) is 0 Å². The molecule has 1 aliphatic carbocycles. The Labute approximate surface area is 104 Å². The van der Waals surface area contributed by atoms with Crippen molar-refractivity contribution in [2.75, 3.05) is 18.2 Å². The van der Waals surface area contributed by atoms with Gasteiger partial charge in [0.05, 0.1) is 5.75 Å². The smallest absolute Gasteiger partial charge is 0.211 e. The molecule has 0 radical (unpaired) electrons. The topological polar surface area (TPSA) is 46.2 Å². The first kappa shape index (κ1) is 14.3. The van der Waals surface area contributed by atoms with Crippen LogP contribution >= 0.6 is 11.6 Å². The van der Waals surface area contributed by atoms with Crippen molar-refractivity contribution >= 4 is 21.6 Å². The summed E-state index contributed by atoms with van der Waals surface area (Å²) in [6.07, 6.45) is 7.57. The lowest BCUT2D eigenvalue weighted by Gasteiger charge is -2.21. The molecule has 1 saturated carbocycles. The molecule has 0 atom stereocenters. The summed E-state index contributed by atoms with van der Waals surface area (Å²) in [4.78, 5) is 0. The fourth-order valence-electron chi connectivity index (χ4n) is 2.09. The predicted octanol–water partition coefficient (Wildman–Crippen LogP) is 2.51. The van der Waals surface area contributed by atoms with Gasteiger partial charge in [-0.1, -0.05) is 19.3 Å². The van der Waals surface area contributed by atoms with E-state index in [1.165, 1.54) is 32.1 Å². The first-order valence-electron chi connectivity index (χ1n) is 6.17. The molecule has 1 fully saturated rings. The molecule has 0 amide bonds. The molecule has 96 valence electrons. The van der Waals surface area contributed by atoms with Crippen LogP contribution in [0.2, 0.25) is 0 Å². The van der Waals surface area contributed by atoms with Gasteiger partial charge in [0.2, 0.25) is 10.0 Å². The monoisotopic (exact) mass is 267 g/mol. The third-order valence-electron chi connectivity index (χ3n) is 3.11. The largest absolute Gasteiger partial charge is 0.215 e. The van der Waals surface area contributed by atoms with Gasteiger partial charge in [0.1, 0.15) is 0 Å². The first-order chi connectivity index (χ1) is 7.64. The summed E-state index contributed by atoms with van der Waals surface area (Å²) < 4.78 is 25.9. The molecule has 0 bridgehead atoms. The fraction of sp³-hybridized carbons (Fsp3) is 1.00. The lowest BCUT2D eigenvalue weighted by molar-refractivity contribution is 0.357. The number of rotatable bonds is 7. The van der Waals surface area contributed by atoms with Crippen LogP contribution in [0.1, 0.15) is 44.9 Å². The second-order valence-corrected chi connectivity index (χ2v) is 6.87.